The highest BCUT2D eigenvalue weighted by Crippen LogP contribution is 2.20. The van der Waals surface area contributed by atoms with E-state index in [1.807, 2.05) is 43.3 Å². The highest BCUT2D eigenvalue weighted by atomic mass is 16.3. The van der Waals surface area contributed by atoms with Crippen LogP contribution in [0.1, 0.15) is 16.7 Å². The lowest BCUT2D eigenvalue weighted by Crippen LogP contribution is -1.83. The van der Waals surface area contributed by atoms with Crippen molar-refractivity contribution in [2.24, 2.45) is 0 Å². The molecule has 1 heteroatoms. The van der Waals surface area contributed by atoms with E-state index in [4.69, 9.17) is 0 Å². The smallest absolute Gasteiger partial charge is 0.119 e. The fraction of sp³-hybridized carbons (Fsp3) is 0.0526. The van der Waals surface area contributed by atoms with Gasteiger partial charge in [0.05, 0.1) is 0 Å². The zero-order chi connectivity index (χ0) is 13.9. The molecule has 1 nitrogen and oxygen atoms in total. The van der Waals surface area contributed by atoms with E-state index in [9.17, 15) is 5.11 Å². The van der Waals surface area contributed by atoms with Gasteiger partial charge in [-0.1, -0.05) is 54.3 Å². The van der Waals surface area contributed by atoms with Crippen LogP contribution in [-0.4, -0.2) is 5.11 Å². The molecule has 0 bridgehead atoms. The lowest BCUT2D eigenvalue weighted by molar-refractivity contribution is 0.471. The molecular weight excluding hydrogens is 244 g/mol. The first-order valence-corrected chi connectivity index (χ1v) is 6.54. The summed E-state index contributed by atoms with van der Waals surface area (Å²) in [5.41, 5.74) is 2.68. The third-order valence-corrected chi connectivity index (χ3v) is 3.43. The molecule has 20 heavy (non-hydrogen) atoms. The van der Waals surface area contributed by atoms with Crippen LogP contribution in [-0.2, 0) is 0 Å². The summed E-state index contributed by atoms with van der Waals surface area (Å²) in [4.78, 5) is 0. The highest BCUT2D eigenvalue weighted by molar-refractivity contribution is 5.88. The van der Waals surface area contributed by atoms with Gasteiger partial charge in [0.1, 0.15) is 5.75 Å². The minimum absolute atomic E-state index is 0.287. The van der Waals surface area contributed by atoms with Crippen LogP contribution in [0.4, 0.5) is 0 Å². The van der Waals surface area contributed by atoms with Crippen LogP contribution in [0.15, 0.2) is 60.7 Å². The second-order valence-corrected chi connectivity index (χ2v) is 4.73. The maximum Gasteiger partial charge on any atom is 0.119 e. The Balaban J connectivity index is 2.11. The number of phenolic OH excluding ortho intramolecular Hbond substituents is 1. The molecular formula is C19H14O. The second-order valence-electron chi connectivity index (χ2n) is 4.73. The van der Waals surface area contributed by atoms with E-state index in [0.717, 1.165) is 22.1 Å². The zero-order valence-corrected chi connectivity index (χ0v) is 11.2. The van der Waals surface area contributed by atoms with Gasteiger partial charge in [0.15, 0.2) is 0 Å². The fourth-order valence-corrected chi connectivity index (χ4v) is 2.23. The Kier molecular flexibility index (Phi) is 3.15. The van der Waals surface area contributed by atoms with Crippen molar-refractivity contribution in [3.63, 3.8) is 0 Å². The van der Waals surface area contributed by atoms with Crippen LogP contribution in [0, 0.1) is 18.8 Å². The summed E-state index contributed by atoms with van der Waals surface area (Å²) < 4.78 is 0. The molecule has 96 valence electrons. The summed E-state index contributed by atoms with van der Waals surface area (Å²) in [7, 11) is 0. The predicted octanol–water partition coefficient (Wildman–Crippen LogP) is 4.25. The predicted molar refractivity (Wildman–Crippen MR) is 82.8 cm³/mol. The number of aromatic hydroxyl groups is 1. The van der Waals surface area contributed by atoms with Gasteiger partial charge in [-0.15, -0.1) is 0 Å². The second kappa shape index (κ2) is 5.11. The van der Waals surface area contributed by atoms with E-state index in [1.54, 1.807) is 6.07 Å². The minimum Gasteiger partial charge on any atom is -0.508 e. The number of phenols is 1. The third-order valence-electron chi connectivity index (χ3n) is 3.43. The first kappa shape index (κ1) is 12.3. The molecule has 0 aliphatic heterocycles. The number of rotatable bonds is 0. The normalized spacial score (nSPS) is 10.1. The van der Waals surface area contributed by atoms with Crippen molar-refractivity contribution in [2.75, 3.05) is 0 Å². The van der Waals surface area contributed by atoms with Gasteiger partial charge >= 0.3 is 0 Å². The van der Waals surface area contributed by atoms with Crippen molar-refractivity contribution >= 4 is 10.8 Å². The van der Waals surface area contributed by atoms with E-state index < -0.39 is 0 Å². The topological polar surface area (TPSA) is 20.2 Å². The number of hydrogen-bond donors (Lipinski definition) is 1. The Morgan fingerprint density at radius 1 is 0.750 bits per heavy atom. The molecule has 0 aliphatic rings. The first-order chi connectivity index (χ1) is 9.75. The summed E-state index contributed by atoms with van der Waals surface area (Å²) >= 11 is 0. The average molecular weight is 258 g/mol. The Labute approximate surface area is 118 Å². The monoisotopic (exact) mass is 258 g/mol. The molecule has 0 aromatic heterocycles. The SMILES string of the molecule is Cc1c(O)cccc1C#Cc1cccc2ccccc12. The lowest BCUT2D eigenvalue weighted by Gasteiger charge is -2.01. The molecule has 0 heterocycles. The van der Waals surface area contributed by atoms with Gasteiger partial charge in [-0.25, -0.2) is 0 Å². The molecule has 0 atom stereocenters. The summed E-state index contributed by atoms with van der Waals surface area (Å²) in [5, 5.41) is 12.0. The molecule has 1 N–H and O–H groups in total. The van der Waals surface area contributed by atoms with E-state index in [-0.39, 0.29) is 5.75 Å². The number of hydrogen-bond acceptors (Lipinski definition) is 1. The van der Waals surface area contributed by atoms with Crippen LogP contribution in [0.2, 0.25) is 0 Å². The Hall–Kier alpha value is -2.72. The maximum atomic E-state index is 9.70. The van der Waals surface area contributed by atoms with Gasteiger partial charge < -0.3 is 5.11 Å². The van der Waals surface area contributed by atoms with Gasteiger partial charge in [0.25, 0.3) is 0 Å². The minimum atomic E-state index is 0.287. The Bertz CT molecular complexity index is 830. The van der Waals surface area contributed by atoms with Crippen molar-refractivity contribution in [3.8, 4) is 17.6 Å². The van der Waals surface area contributed by atoms with Crippen LogP contribution in [0.3, 0.4) is 0 Å². The molecule has 0 spiro atoms. The average Bonchev–Trinajstić information content (AvgIpc) is 2.49. The summed E-state index contributed by atoms with van der Waals surface area (Å²) in [6.07, 6.45) is 0. The molecule has 3 aromatic rings. The largest absolute Gasteiger partial charge is 0.508 e. The maximum absolute atomic E-state index is 9.70. The molecule has 0 aliphatic carbocycles. The van der Waals surface area contributed by atoms with E-state index in [2.05, 4.69) is 30.0 Å². The molecule has 0 unspecified atom stereocenters. The molecule has 0 amide bonds. The fourth-order valence-electron chi connectivity index (χ4n) is 2.23. The quantitative estimate of drug-likeness (QED) is 0.597. The third kappa shape index (κ3) is 2.24. The zero-order valence-electron chi connectivity index (χ0n) is 11.2. The van der Waals surface area contributed by atoms with Gasteiger partial charge in [-0.3, -0.25) is 0 Å². The lowest BCUT2D eigenvalue weighted by atomic mass is 10.0. The van der Waals surface area contributed by atoms with Crippen molar-refractivity contribution in [2.45, 2.75) is 6.92 Å². The van der Waals surface area contributed by atoms with Gasteiger partial charge in [-0.05, 0) is 35.9 Å². The molecule has 3 aromatic carbocycles. The Morgan fingerprint density at radius 2 is 1.40 bits per heavy atom. The highest BCUT2D eigenvalue weighted by Gasteiger charge is 2.00. The van der Waals surface area contributed by atoms with Crippen molar-refractivity contribution in [1.29, 1.82) is 0 Å². The van der Waals surface area contributed by atoms with Crippen LogP contribution < -0.4 is 0 Å². The van der Waals surface area contributed by atoms with Crippen molar-refractivity contribution < 1.29 is 5.11 Å². The first-order valence-electron chi connectivity index (χ1n) is 6.54. The van der Waals surface area contributed by atoms with Gasteiger partial charge in [-0.2, -0.15) is 0 Å². The van der Waals surface area contributed by atoms with Gasteiger partial charge in [0.2, 0.25) is 0 Å². The molecule has 0 saturated heterocycles. The number of fused-ring (bicyclic) bond motifs is 1. The van der Waals surface area contributed by atoms with E-state index >= 15 is 0 Å². The standard InChI is InChI=1S/C19H14O/c1-14-15(7-5-11-19(14)20)12-13-17-9-4-8-16-6-2-3-10-18(16)17/h2-11,20H,1H3. The summed E-state index contributed by atoms with van der Waals surface area (Å²) in [6.45, 7) is 1.88. The van der Waals surface area contributed by atoms with Crippen LogP contribution >= 0.6 is 0 Å². The van der Waals surface area contributed by atoms with Crippen molar-refractivity contribution in [3.05, 3.63) is 77.4 Å². The molecule has 3 rings (SSSR count). The summed E-state index contributed by atoms with van der Waals surface area (Å²) in [6, 6.07) is 19.7. The van der Waals surface area contributed by atoms with E-state index in [1.165, 1.54) is 5.39 Å². The van der Waals surface area contributed by atoms with Crippen molar-refractivity contribution in [1.82, 2.24) is 0 Å². The molecule has 0 saturated carbocycles. The molecule has 0 radical (unpaired) electrons. The van der Waals surface area contributed by atoms with Gasteiger partial charge in [0, 0.05) is 16.7 Å². The molecule has 0 fully saturated rings. The van der Waals surface area contributed by atoms with Crippen LogP contribution in [0.5, 0.6) is 5.75 Å². The number of benzene rings is 3. The van der Waals surface area contributed by atoms with Crippen LogP contribution in [0.25, 0.3) is 10.8 Å². The van der Waals surface area contributed by atoms with E-state index in [0.29, 0.717) is 0 Å². The Morgan fingerprint density at radius 3 is 2.30 bits per heavy atom. The summed E-state index contributed by atoms with van der Waals surface area (Å²) in [5.74, 6) is 6.65.